The van der Waals surface area contributed by atoms with E-state index in [1.807, 2.05) is 35.0 Å². The summed E-state index contributed by atoms with van der Waals surface area (Å²) in [5, 5.41) is 13.2. The molecule has 1 fully saturated rings. The lowest BCUT2D eigenvalue weighted by atomic mass is 9.85. The Bertz CT molecular complexity index is 531. The van der Waals surface area contributed by atoms with Crippen molar-refractivity contribution in [3.8, 4) is 5.69 Å². The zero-order valence-corrected chi connectivity index (χ0v) is 12.4. The van der Waals surface area contributed by atoms with Gasteiger partial charge >= 0.3 is 0 Å². The van der Waals surface area contributed by atoms with Crippen LogP contribution in [0.1, 0.15) is 31.5 Å². The van der Waals surface area contributed by atoms with Crippen molar-refractivity contribution >= 4 is 15.9 Å². The average Bonchev–Trinajstić information content (AvgIpc) is 3.10. The highest BCUT2D eigenvalue weighted by molar-refractivity contribution is 9.09. The highest BCUT2D eigenvalue weighted by atomic mass is 79.9. The molecule has 0 radical (unpaired) electrons. The monoisotopic (exact) mass is 320 g/mol. The van der Waals surface area contributed by atoms with Gasteiger partial charge in [-0.05, 0) is 40.8 Å². The van der Waals surface area contributed by atoms with Crippen LogP contribution in [0.2, 0.25) is 0 Å². The normalized spacial score (nSPS) is 17.7. The Hall–Kier alpha value is -1.23. The van der Waals surface area contributed by atoms with Crippen LogP contribution < -0.4 is 0 Å². The Morgan fingerprint density at radius 3 is 2.58 bits per heavy atom. The summed E-state index contributed by atoms with van der Waals surface area (Å²) in [5.74, 6) is 0.965. The van der Waals surface area contributed by atoms with Crippen LogP contribution in [0.25, 0.3) is 5.69 Å². The lowest BCUT2D eigenvalue weighted by molar-refractivity contribution is 0.336. The first-order valence-corrected chi connectivity index (χ1v) is 7.84. The first kappa shape index (κ1) is 12.8. The molecule has 19 heavy (non-hydrogen) atoms. The van der Waals surface area contributed by atoms with E-state index in [1.165, 1.54) is 25.7 Å². The molecule has 1 aromatic heterocycles. The quantitative estimate of drug-likeness (QED) is 0.813. The van der Waals surface area contributed by atoms with Gasteiger partial charge in [0.2, 0.25) is 0 Å². The second kappa shape index (κ2) is 5.41. The molecule has 1 aromatic carbocycles. The van der Waals surface area contributed by atoms with Crippen molar-refractivity contribution in [1.29, 1.82) is 0 Å². The fourth-order valence-corrected chi connectivity index (χ4v) is 3.66. The van der Waals surface area contributed by atoms with E-state index in [1.54, 1.807) is 0 Å². The largest absolute Gasteiger partial charge is 0.197 e. The smallest absolute Gasteiger partial charge is 0.157 e. The standard InChI is InChI=1S/C14H17BrN4/c15-11-14(8-4-5-9-14)10-13-16-17-18-19(13)12-6-2-1-3-7-12/h1-3,6-7H,4-5,8-11H2. The van der Waals surface area contributed by atoms with Crippen LogP contribution in [0.4, 0.5) is 0 Å². The number of benzene rings is 1. The van der Waals surface area contributed by atoms with Crippen LogP contribution in [-0.4, -0.2) is 25.5 Å². The van der Waals surface area contributed by atoms with Crippen LogP contribution in [0.15, 0.2) is 30.3 Å². The third kappa shape index (κ3) is 2.56. The second-order valence-electron chi connectivity index (χ2n) is 5.36. The number of para-hydroxylation sites is 1. The predicted molar refractivity (Wildman–Crippen MR) is 77.6 cm³/mol. The van der Waals surface area contributed by atoms with Crippen LogP contribution in [0.5, 0.6) is 0 Å². The van der Waals surface area contributed by atoms with Gasteiger partial charge in [-0.25, -0.2) is 0 Å². The van der Waals surface area contributed by atoms with Gasteiger partial charge in [-0.1, -0.05) is 47.0 Å². The fourth-order valence-electron chi connectivity index (χ4n) is 2.90. The van der Waals surface area contributed by atoms with Crippen LogP contribution >= 0.6 is 15.9 Å². The molecular weight excluding hydrogens is 304 g/mol. The third-order valence-electron chi connectivity index (χ3n) is 4.02. The minimum absolute atomic E-state index is 0.335. The predicted octanol–water partition coefficient (Wildman–Crippen LogP) is 3.16. The number of hydrogen-bond donors (Lipinski definition) is 0. The Balaban J connectivity index is 1.88. The van der Waals surface area contributed by atoms with Crippen LogP contribution in [0.3, 0.4) is 0 Å². The maximum Gasteiger partial charge on any atom is 0.157 e. The van der Waals surface area contributed by atoms with Crippen molar-refractivity contribution in [3.05, 3.63) is 36.2 Å². The van der Waals surface area contributed by atoms with E-state index in [0.717, 1.165) is 23.3 Å². The minimum Gasteiger partial charge on any atom is -0.197 e. The molecule has 5 heteroatoms. The Morgan fingerprint density at radius 2 is 1.89 bits per heavy atom. The van der Waals surface area contributed by atoms with Crippen molar-refractivity contribution in [2.24, 2.45) is 5.41 Å². The van der Waals surface area contributed by atoms with Crippen molar-refractivity contribution < 1.29 is 0 Å². The van der Waals surface area contributed by atoms with Gasteiger partial charge in [0.1, 0.15) is 0 Å². The van der Waals surface area contributed by atoms with E-state index in [4.69, 9.17) is 0 Å². The summed E-state index contributed by atoms with van der Waals surface area (Å²) in [6.07, 6.45) is 6.11. The molecule has 100 valence electrons. The number of rotatable bonds is 4. The summed E-state index contributed by atoms with van der Waals surface area (Å²) < 4.78 is 1.86. The molecule has 0 bridgehead atoms. The molecule has 1 aliphatic rings. The summed E-state index contributed by atoms with van der Waals surface area (Å²) in [5.41, 5.74) is 1.37. The molecular formula is C14H17BrN4. The van der Waals surface area contributed by atoms with Crippen molar-refractivity contribution in [3.63, 3.8) is 0 Å². The topological polar surface area (TPSA) is 43.6 Å². The molecule has 0 N–H and O–H groups in total. The van der Waals surface area contributed by atoms with Gasteiger partial charge in [0.05, 0.1) is 5.69 Å². The van der Waals surface area contributed by atoms with Crippen LogP contribution in [-0.2, 0) is 6.42 Å². The second-order valence-corrected chi connectivity index (χ2v) is 5.92. The number of alkyl halides is 1. The SMILES string of the molecule is BrCC1(Cc2nnnn2-c2ccccc2)CCCC1. The summed E-state index contributed by atoms with van der Waals surface area (Å²) in [4.78, 5) is 0. The lowest BCUT2D eigenvalue weighted by Crippen LogP contribution is -2.23. The molecule has 0 amide bonds. The van der Waals surface area contributed by atoms with E-state index in [0.29, 0.717) is 5.41 Å². The molecule has 2 aromatic rings. The average molecular weight is 321 g/mol. The zero-order valence-electron chi connectivity index (χ0n) is 10.8. The van der Waals surface area contributed by atoms with Gasteiger partial charge < -0.3 is 0 Å². The Labute approximate surface area is 121 Å². The summed E-state index contributed by atoms with van der Waals surface area (Å²) in [6, 6.07) is 10.1. The molecule has 1 aliphatic carbocycles. The summed E-state index contributed by atoms with van der Waals surface area (Å²) >= 11 is 3.68. The first-order chi connectivity index (χ1) is 9.33. The maximum atomic E-state index is 4.23. The molecule has 0 spiro atoms. The number of tetrazole rings is 1. The Kier molecular flexibility index (Phi) is 3.64. The zero-order chi connectivity index (χ0) is 13.1. The van der Waals surface area contributed by atoms with Crippen molar-refractivity contribution in [2.75, 3.05) is 5.33 Å². The van der Waals surface area contributed by atoms with Gasteiger partial charge in [0.15, 0.2) is 5.82 Å². The lowest BCUT2D eigenvalue weighted by Gasteiger charge is -2.25. The number of halogens is 1. The van der Waals surface area contributed by atoms with E-state index in [2.05, 4.69) is 31.5 Å². The Morgan fingerprint density at radius 1 is 1.16 bits per heavy atom. The molecule has 3 rings (SSSR count). The van der Waals surface area contributed by atoms with Gasteiger partial charge in [0, 0.05) is 11.8 Å². The molecule has 0 saturated heterocycles. The van der Waals surface area contributed by atoms with E-state index in [-0.39, 0.29) is 0 Å². The number of hydrogen-bond acceptors (Lipinski definition) is 3. The van der Waals surface area contributed by atoms with Crippen molar-refractivity contribution in [1.82, 2.24) is 20.2 Å². The minimum atomic E-state index is 0.335. The molecule has 0 atom stereocenters. The first-order valence-electron chi connectivity index (χ1n) is 6.72. The fraction of sp³-hybridized carbons (Fsp3) is 0.500. The summed E-state index contributed by atoms with van der Waals surface area (Å²) in [6.45, 7) is 0. The van der Waals surface area contributed by atoms with Gasteiger partial charge in [0.25, 0.3) is 0 Å². The maximum absolute atomic E-state index is 4.23. The molecule has 0 unspecified atom stereocenters. The van der Waals surface area contributed by atoms with E-state index >= 15 is 0 Å². The van der Waals surface area contributed by atoms with Crippen molar-refractivity contribution in [2.45, 2.75) is 32.1 Å². The molecule has 0 aliphatic heterocycles. The molecule has 4 nitrogen and oxygen atoms in total. The van der Waals surface area contributed by atoms with E-state index in [9.17, 15) is 0 Å². The highest BCUT2D eigenvalue weighted by Crippen LogP contribution is 2.42. The summed E-state index contributed by atoms with van der Waals surface area (Å²) in [7, 11) is 0. The van der Waals surface area contributed by atoms with Crippen LogP contribution in [0, 0.1) is 5.41 Å². The third-order valence-corrected chi connectivity index (χ3v) is 5.21. The van der Waals surface area contributed by atoms with Gasteiger partial charge in [-0.2, -0.15) is 4.68 Å². The molecule has 1 heterocycles. The van der Waals surface area contributed by atoms with E-state index < -0.39 is 0 Å². The number of nitrogens with zero attached hydrogens (tertiary/aromatic N) is 4. The molecule has 1 saturated carbocycles. The van der Waals surface area contributed by atoms with Gasteiger partial charge in [-0.3, -0.25) is 0 Å². The van der Waals surface area contributed by atoms with Gasteiger partial charge in [-0.15, -0.1) is 5.10 Å². The number of aromatic nitrogens is 4. The highest BCUT2D eigenvalue weighted by Gasteiger charge is 2.34.